The van der Waals surface area contributed by atoms with Crippen LogP contribution in [0.2, 0.25) is 0 Å². The van der Waals surface area contributed by atoms with Gasteiger partial charge in [0.15, 0.2) is 0 Å². The molecule has 2 atom stereocenters. The van der Waals surface area contributed by atoms with Crippen molar-refractivity contribution in [2.24, 2.45) is 11.8 Å². The molecule has 2 aliphatic heterocycles. The maximum atomic E-state index is 12.7. The lowest BCUT2D eigenvalue weighted by atomic mass is 9.79. The number of hydrogen-bond donors (Lipinski definition) is 0. The maximum Gasteiger partial charge on any atom is 0.232 e. The molecular weight excluding hydrogens is 262 g/mol. The zero-order chi connectivity index (χ0) is 14.8. The van der Waals surface area contributed by atoms with E-state index in [1.54, 1.807) is 0 Å². The van der Waals surface area contributed by atoms with Gasteiger partial charge in [-0.3, -0.25) is 14.5 Å². The van der Waals surface area contributed by atoms with Gasteiger partial charge in [0.2, 0.25) is 11.8 Å². The molecule has 2 heterocycles. The highest BCUT2D eigenvalue weighted by Crippen LogP contribution is 2.35. The summed E-state index contributed by atoms with van der Waals surface area (Å²) in [6.07, 6.45) is 4.22. The Morgan fingerprint density at radius 3 is 2.14 bits per heavy atom. The van der Waals surface area contributed by atoms with E-state index in [1.807, 2.05) is 30.3 Å². The first kappa shape index (κ1) is 14.1. The Hall–Kier alpha value is -1.90. The van der Waals surface area contributed by atoms with E-state index in [-0.39, 0.29) is 23.7 Å². The van der Waals surface area contributed by atoms with Crippen LogP contribution in [0.3, 0.4) is 0 Å². The van der Waals surface area contributed by atoms with E-state index in [0.29, 0.717) is 6.54 Å². The number of carbonyl (C=O) groups is 2. The summed E-state index contributed by atoms with van der Waals surface area (Å²) in [5, 5.41) is 0. The van der Waals surface area contributed by atoms with E-state index < -0.39 is 0 Å². The van der Waals surface area contributed by atoms with Crippen molar-refractivity contribution < 1.29 is 9.59 Å². The summed E-state index contributed by atoms with van der Waals surface area (Å²) in [7, 11) is 0. The van der Waals surface area contributed by atoms with Crippen LogP contribution in [-0.4, -0.2) is 16.7 Å². The standard InChI is InChI=1S/C18H21NO2/c1-13-10-15-8-5-9-16(11-13)18(21)19(17(15)20)12-14-6-3-2-4-7-14/h2-4,6-7,15-16H,1,5,8-12H2. The molecular formula is C18H21NO2. The van der Waals surface area contributed by atoms with Gasteiger partial charge in [0, 0.05) is 11.8 Å². The average Bonchev–Trinajstić information content (AvgIpc) is 2.47. The van der Waals surface area contributed by atoms with Gasteiger partial charge in [-0.2, -0.15) is 0 Å². The first-order chi connectivity index (χ1) is 10.1. The predicted molar refractivity (Wildman–Crippen MR) is 81.2 cm³/mol. The second kappa shape index (κ2) is 5.84. The first-order valence-corrected chi connectivity index (χ1v) is 7.71. The summed E-state index contributed by atoms with van der Waals surface area (Å²) in [5.41, 5.74) is 2.07. The number of nitrogens with zero attached hydrogens (tertiary/aromatic N) is 1. The Morgan fingerprint density at radius 1 is 1.00 bits per heavy atom. The van der Waals surface area contributed by atoms with E-state index in [4.69, 9.17) is 0 Å². The molecule has 0 spiro atoms. The van der Waals surface area contributed by atoms with Crippen molar-refractivity contribution in [3.63, 3.8) is 0 Å². The third kappa shape index (κ3) is 2.92. The molecule has 2 bridgehead atoms. The summed E-state index contributed by atoms with van der Waals surface area (Å²) in [6.45, 7) is 4.45. The first-order valence-electron chi connectivity index (χ1n) is 7.71. The van der Waals surface area contributed by atoms with Crippen molar-refractivity contribution in [2.75, 3.05) is 0 Å². The van der Waals surface area contributed by atoms with Crippen LogP contribution >= 0.6 is 0 Å². The Bertz CT molecular complexity index is 536. The SMILES string of the molecule is C=C1CC2CCCC(C1)C(=O)N(Cc1ccccc1)C2=O. The number of carbonyl (C=O) groups excluding carboxylic acids is 2. The van der Waals surface area contributed by atoms with Gasteiger partial charge in [0.05, 0.1) is 6.54 Å². The fourth-order valence-corrected chi connectivity index (χ4v) is 3.49. The van der Waals surface area contributed by atoms with Crippen LogP contribution in [0, 0.1) is 11.8 Å². The third-order valence-corrected chi connectivity index (χ3v) is 4.59. The lowest BCUT2D eigenvalue weighted by Crippen LogP contribution is -2.46. The van der Waals surface area contributed by atoms with Crippen molar-refractivity contribution in [3.05, 3.63) is 48.0 Å². The molecule has 2 saturated heterocycles. The maximum absolute atomic E-state index is 12.7. The van der Waals surface area contributed by atoms with E-state index >= 15 is 0 Å². The van der Waals surface area contributed by atoms with E-state index in [9.17, 15) is 9.59 Å². The van der Waals surface area contributed by atoms with Gasteiger partial charge in [0.25, 0.3) is 0 Å². The average molecular weight is 283 g/mol. The molecule has 3 heteroatoms. The fraction of sp³-hybridized carbons (Fsp3) is 0.444. The van der Waals surface area contributed by atoms with Gasteiger partial charge >= 0.3 is 0 Å². The highest BCUT2D eigenvalue weighted by Gasteiger charge is 2.38. The van der Waals surface area contributed by atoms with Crippen LogP contribution < -0.4 is 0 Å². The topological polar surface area (TPSA) is 37.4 Å². The third-order valence-electron chi connectivity index (χ3n) is 4.59. The Labute approximate surface area is 125 Å². The normalized spacial score (nSPS) is 26.5. The van der Waals surface area contributed by atoms with Gasteiger partial charge in [0.1, 0.15) is 0 Å². The Kier molecular flexibility index (Phi) is 3.91. The fourth-order valence-electron chi connectivity index (χ4n) is 3.49. The van der Waals surface area contributed by atoms with Crippen molar-refractivity contribution >= 4 is 11.8 Å². The molecule has 1 aromatic carbocycles. The number of imide groups is 1. The number of rotatable bonds is 2. The van der Waals surface area contributed by atoms with Gasteiger partial charge in [-0.1, -0.05) is 48.9 Å². The van der Waals surface area contributed by atoms with E-state index in [0.717, 1.165) is 43.2 Å². The minimum absolute atomic E-state index is 0.00518. The second-order valence-electron chi connectivity index (χ2n) is 6.23. The molecule has 1 aromatic rings. The van der Waals surface area contributed by atoms with Gasteiger partial charge in [-0.15, -0.1) is 0 Å². The summed E-state index contributed by atoms with van der Waals surface area (Å²) in [4.78, 5) is 27.0. The minimum atomic E-state index is -0.0635. The second-order valence-corrected chi connectivity index (χ2v) is 6.23. The minimum Gasteiger partial charge on any atom is -0.278 e. The van der Waals surface area contributed by atoms with Crippen LogP contribution in [0.4, 0.5) is 0 Å². The van der Waals surface area contributed by atoms with Crippen molar-refractivity contribution in [1.29, 1.82) is 0 Å². The summed E-state index contributed by atoms with van der Waals surface area (Å²) >= 11 is 0. The van der Waals surface area contributed by atoms with Crippen LogP contribution in [0.25, 0.3) is 0 Å². The highest BCUT2D eigenvalue weighted by atomic mass is 16.2. The molecule has 110 valence electrons. The highest BCUT2D eigenvalue weighted by molar-refractivity contribution is 5.98. The monoisotopic (exact) mass is 283 g/mol. The number of benzene rings is 1. The van der Waals surface area contributed by atoms with E-state index in [1.165, 1.54) is 4.90 Å². The summed E-state index contributed by atoms with van der Waals surface area (Å²) in [5.74, 6) is -0.137. The number of fused-ring (bicyclic) bond motifs is 6. The molecule has 3 fully saturated rings. The van der Waals surface area contributed by atoms with Crippen LogP contribution in [-0.2, 0) is 16.1 Å². The van der Waals surface area contributed by atoms with Crippen LogP contribution in [0.1, 0.15) is 37.7 Å². The quantitative estimate of drug-likeness (QED) is 0.617. The number of hydrogen-bond acceptors (Lipinski definition) is 2. The van der Waals surface area contributed by atoms with E-state index in [2.05, 4.69) is 6.58 Å². The van der Waals surface area contributed by atoms with Gasteiger partial charge in [-0.25, -0.2) is 0 Å². The molecule has 2 amide bonds. The van der Waals surface area contributed by atoms with Gasteiger partial charge in [-0.05, 0) is 31.2 Å². The molecule has 2 unspecified atom stereocenters. The van der Waals surface area contributed by atoms with Crippen molar-refractivity contribution in [3.8, 4) is 0 Å². The molecule has 1 saturated carbocycles. The lowest BCUT2D eigenvalue weighted by molar-refractivity contribution is -0.153. The van der Waals surface area contributed by atoms with Gasteiger partial charge < -0.3 is 0 Å². The molecule has 0 N–H and O–H groups in total. The zero-order valence-corrected chi connectivity index (χ0v) is 12.3. The predicted octanol–water partition coefficient (Wildman–Crippen LogP) is 3.31. The molecule has 4 rings (SSSR count). The Balaban J connectivity index is 1.90. The summed E-state index contributed by atoms with van der Waals surface area (Å²) in [6, 6.07) is 9.76. The van der Waals surface area contributed by atoms with Crippen LogP contribution in [0.15, 0.2) is 42.5 Å². The summed E-state index contributed by atoms with van der Waals surface area (Å²) < 4.78 is 0. The lowest BCUT2D eigenvalue weighted by Gasteiger charge is -2.35. The van der Waals surface area contributed by atoms with Crippen LogP contribution in [0.5, 0.6) is 0 Å². The smallest absolute Gasteiger partial charge is 0.232 e. The zero-order valence-electron chi connectivity index (χ0n) is 12.3. The number of amides is 2. The molecule has 3 aliphatic rings. The molecule has 1 aliphatic carbocycles. The largest absolute Gasteiger partial charge is 0.278 e. The molecule has 0 aromatic heterocycles. The van der Waals surface area contributed by atoms with Crippen molar-refractivity contribution in [1.82, 2.24) is 4.90 Å². The molecule has 21 heavy (non-hydrogen) atoms. The molecule has 3 nitrogen and oxygen atoms in total. The Morgan fingerprint density at radius 2 is 1.57 bits per heavy atom. The molecule has 0 radical (unpaired) electrons. The van der Waals surface area contributed by atoms with Crippen molar-refractivity contribution in [2.45, 2.75) is 38.6 Å². The number of allylic oxidation sites excluding steroid dienone is 1.